The van der Waals surface area contributed by atoms with Crippen molar-refractivity contribution in [2.45, 2.75) is 19.6 Å². The molecule has 0 N–H and O–H groups in total. The van der Waals surface area contributed by atoms with Crippen molar-refractivity contribution in [2.24, 2.45) is 5.92 Å². The molecule has 0 bridgehead atoms. The molecule has 2 aromatic carbocycles. The molecule has 0 aliphatic carbocycles. The molecule has 0 radical (unpaired) electrons. The first-order valence-corrected chi connectivity index (χ1v) is 7.99. The Morgan fingerprint density at radius 1 is 1.08 bits per heavy atom. The summed E-state index contributed by atoms with van der Waals surface area (Å²) in [4.78, 5) is 14.0. The van der Waals surface area contributed by atoms with Crippen molar-refractivity contribution in [3.05, 3.63) is 71.3 Å². The normalized spacial score (nSPS) is 17.8. The van der Waals surface area contributed by atoms with Gasteiger partial charge in [-0.15, -0.1) is 0 Å². The van der Waals surface area contributed by atoms with Crippen LogP contribution >= 0.6 is 0 Å². The average Bonchev–Trinajstić information content (AvgIpc) is 3.06. The summed E-state index contributed by atoms with van der Waals surface area (Å²) >= 11 is 0. The van der Waals surface area contributed by atoms with Gasteiger partial charge in [-0.3, -0.25) is 9.69 Å². The second-order valence-corrected chi connectivity index (χ2v) is 6.01. The Morgan fingerprint density at radius 3 is 2.50 bits per heavy atom. The lowest BCUT2D eigenvalue weighted by atomic mass is 10.1. The van der Waals surface area contributed by atoms with E-state index in [0.29, 0.717) is 19.5 Å². The van der Waals surface area contributed by atoms with E-state index in [1.54, 1.807) is 0 Å². The fraction of sp³-hybridized carbons (Fsp3) is 0.316. The van der Waals surface area contributed by atoms with E-state index in [4.69, 9.17) is 4.74 Å². The van der Waals surface area contributed by atoms with Crippen molar-refractivity contribution < 1.29 is 18.3 Å². The summed E-state index contributed by atoms with van der Waals surface area (Å²) in [5.74, 6) is -1.60. The van der Waals surface area contributed by atoms with E-state index < -0.39 is 11.6 Å². The van der Waals surface area contributed by atoms with Gasteiger partial charge in [-0.05, 0) is 30.7 Å². The maximum absolute atomic E-state index is 13.7. The number of nitrogens with zero attached hydrogens (tertiary/aromatic N) is 1. The van der Waals surface area contributed by atoms with Gasteiger partial charge in [0.05, 0.1) is 5.92 Å². The topological polar surface area (TPSA) is 29.5 Å². The molecule has 1 saturated heterocycles. The van der Waals surface area contributed by atoms with E-state index in [-0.39, 0.29) is 30.6 Å². The van der Waals surface area contributed by atoms with Gasteiger partial charge in [0, 0.05) is 18.7 Å². The zero-order valence-corrected chi connectivity index (χ0v) is 13.3. The minimum absolute atomic E-state index is 0.0517. The highest BCUT2D eigenvalue weighted by atomic mass is 19.1. The lowest BCUT2D eigenvalue weighted by Gasteiger charge is -2.16. The lowest BCUT2D eigenvalue weighted by Crippen LogP contribution is -2.25. The van der Waals surface area contributed by atoms with Gasteiger partial charge >= 0.3 is 5.97 Å². The van der Waals surface area contributed by atoms with Crippen LogP contribution in [0.3, 0.4) is 0 Å². The summed E-state index contributed by atoms with van der Waals surface area (Å²) < 4.78 is 32.8. The molecule has 24 heavy (non-hydrogen) atoms. The Labute approximate surface area is 139 Å². The van der Waals surface area contributed by atoms with Crippen LogP contribution in [0.2, 0.25) is 0 Å². The summed E-state index contributed by atoms with van der Waals surface area (Å²) in [6, 6.07) is 13.3. The lowest BCUT2D eigenvalue weighted by molar-refractivity contribution is -0.149. The molecule has 1 aliphatic rings. The second-order valence-electron chi connectivity index (χ2n) is 6.01. The number of carbonyl (C=O) groups is 1. The second kappa shape index (κ2) is 7.53. The number of ether oxygens (including phenoxy) is 1. The Hall–Kier alpha value is -2.27. The maximum Gasteiger partial charge on any atom is 0.310 e. The SMILES string of the molecule is O=C(OCc1ccccc1)C1CCN(Cc2c(F)cccc2F)C1. The molecule has 2 aromatic rings. The molecule has 5 heteroatoms. The van der Waals surface area contributed by atoms with Crippen LogP contribution < -0.4 is 0 Å². The summed E-state index contributed by atoms with van der Waals surface area (Å²) in [5, 5.41) is 0. The maximum atomic E-state index is 13.7. The Bertz CT molecular complexity index is 686. The molecule has 0 aromatic heterocycles. The third-order valence-corrected chi connectivity index (χ3v) is 4.27. The van der Waals surface area contributed by atoms with Gasteiger partial charge in [-0.2, -0.15) is 0 Å². The highest BCUT2D eigenvalue weighted by Gasteiger charge is 2.30. The van der Waals surface area contributed by atoms with Crippen molar-refractivity contribution in [1.29, 1.82) is 0 Å². The van der Waals surface area contributed by atoms with Crippen LogP contribution in [0, 0.1) is 17.6 Å². The molecule has 1 unspecified atom stereocenters. The molecular weight excluding hydrogens is 312 g/mol. The first kappa shape index (κ1) is 16.6. The Balaban J connectivity index is 1.52. The molecule has 1 atom stereocenters. The van der Waals surface area contributed by atoms with E-state index >= 15 is 0 Å². The van der Waals surface area contributed by atoms with Crippen LogP contribution in [0.15, 0.2) is 48.5 Å². The van der Waals surface area contributed by atoms with E-state index in [0.717, 1.165) is 5.56 Å². The average molecular weight is 331 g/mol. The molecule has 126 valence electrons. The monoisotopic (exact) mass is 331 g/mol. The van der Waals surface area contributed by atoms with Crippen molar-refractivity contribution in [3.63, 3.8) is 0 Å². The Kier molecular flexibility index (Phi) is 5.20. The van der Waals surface area contributed by atoms with Crippen LogP contribution in [0.25, 0.3) is 0 Å². The highest BCUT2D eigenvalue weighted by Crippen LogP contribution is 2.22. The van der Waals surface area contributed by atoms with Crippen LogP contribution in [0.5, 0.6) is 0 Å². The fourth-order valence-corrected chi connectivity index (χ4v) is 2.92. The smallest absolute Gasteiger partial charge is 0.310 e. The van der Waals surface area contributed by atoms with E-state index in [1.807, 2.05) is 35.2 Å². The van der Waals surface area contributed by atoms with E-state index in [1.165, 1.54) is 18.2 Å². The highest BCUT2D eigenvalue weighted by molar-refractivity contribution is 5.73. The minimum atomic E-state index is -0.551. The van der Waals surface area contributed by atoms with Gasteiger partial charge in [0.1, 0.15) is 18.2 Å². The molecule has 3 rings (SSSR count). The molecule has 3 nitrogen and oxygen atoms in total. The number of benzene rings is 2. The van der Waals surface area contributed by atoms with Gasteiger partial charge in [0.15, 0.2) is 0 Å². The van der Waals surface area contributed by atoms with Crippen molar-refractivity contribution in [1.82, 2.24) is 4.90 Å². The van der Waals surface area contributed by atoms with Crippen LogP contribution in [0.1, 0.15) is 17.5 Å². The predicted molar refractivity (Wildman–Crippen MR) is 86.0 cm³/mol. The number of carbonyl (C=O) groups excluding carboxylic acids is 1. The van der Waals surface area contributed by atoms with Gasteiger partial charge in [0.25, 0.3) is 0 Å². The van der Waals surface area contributed by atoms with E-state index in [9.17, 15) is 13.6 Å². The molecule has 0 spiro atoms. The third-order valence-electron chi connectivity index (χ3n) is 4.27. The third kappa shape index (κ3) is 3.97. The van der Waals surface area contributed by atoms with Crippen molar-refractivity contribution in [3.8, 4) is 0 Å². The number of halogens is 2. The van der Waals surface area contributed by atoms with Crippen LogP contribution in [0.4, 0.5) is 8.78 Å². The quantitative estimate of drug-likeness (QED) is 0.785. The molecule has 1 fully saturated rings. The molecule has 1 aliphatic heterocycles. The number of hydrogen-bond acceptors (Lipinski definition) is 3. The molecule has 0 amide bonds. The summed E-state index contributed by atoms with van der Waals surface area (Å²) in [6.45, 7) is 1.50. The summed E-state index contributed by atoms with van der Waals surface area (Å²) in [7, 11) is 0. The minimum Gasteiger partial charge on any atom is -0.461 e. The standard InChI is InChI=1S/C19H19F2NO2/c20-17-7-4-8-18(21)16(17)12-22-10-9-15(11-22)19(23)24-13-14-5-2-1-3-6-14/h1-8,15H,9-13H2. The van der Waals surface area contributed by atoms with Crippen LogP contribution in [-0.2, 0) is 22.7 Å². The molecule has 1 heterocycles. The first-order valence-electron chi connectivity index (χ1n) is 7.99. The zero-order valence-electron chi connectivity index (χ0n) is 13.3. The van der Waals surface area contributed by atoms with Crippen molar-refractivity contribution >= 4 is 5.97 Å². The molecular formula is C19H19F2NO2. The zero-order chi connectivity index (χ0) is 16.9. The van der Waals surface area contributed by atoms with Gasteiger partial charge in [0.2, 0.25) is 0 Å². The Morgan fingerprint density at radius 2 is 1.79 bits per heavy atom. The number of esters is 1. The predicted octanol–water partition coefficient (Wildman–Crippen LogP) is 3.53. The molecule has 0 saturated carbocycles. The van der Waals surface area contributed by atoms with Gasteiger partial charge in [-0.25, -0.2) is 8.78 Å². The summed E-state index contributed by atoms with van der Waals surface area (Å²) in [5.41, 5.74) is 0.991. The fourth-order valence-electron chi connectivity index (χ4n) is 2.92. The van der Waals surface area contributed by atoms with Crippen LogP contribution in [-0.4, -0.2) is 24.0 Å². The number of rotatable bonds is 5. The van der Waals surface area contributed by atoms with E-state index in [2.05, 4.69) is 0 Å². The van der Waals surface area contributed by atoms with Crippen molar-refractivity contribution in [2.75, 3.05) is 13.1 Å². The summed E-state index contributed by atoms with van der Waals surface area (Å²) in [6.07, 6.45) is 0.643. The van der Waals surface area contributed by atoms with Gasteiger partial charge in [-0.1, -0.05) is 36.4 Å². The first-order chi connectivity index (χ1) is 11.6. The number of likely N-dealkylation sites (tertiary alicyclic amines) is 1. The number of hydrogen-bond donors (Lipinski definition) is 0. The van der Waals surface area contributed by atoms with Gasteiger partial charge < -0.3 is 4.74 Å². The largest absolute Gasteiger partial charge is 0.461 e.